The molecule has 5 heteroatoms. The van der Waals surface area contributed by atoms with Gasteiger partial charge in [0, 0.05) is 12.8 Å². The number of nitro groups is 1. The quantitative estimate of drug-likeness (QED) is 0.122. The van der Waals surface area contributed by atoms with Crippen LogP contribution < -0.4 is 0 Å². The molecule has 0 aromatic rings. The SMILES string of the molecule is CCCCCCCCC(=CCCCCCCCCCCCCC(=O)O)[N+](=O)[O-]. The monoisotopic (exact) mass is 397 g/mol. The Balaban J connectivity index is 3.53. The minimum absolute atomic E-state index is 0.192. The van der Waals surface area contributed by atoms with Gasteiger partial charge in [-0.25, -0.2) is 0 Å². The average molecular weight is 398 g/mol. The van der Waals surface area contributed by atoms with Crippen molar-refractivity contribution < 1.29 is 14.8 Å². The normalized spacial score (nSPS) is 11.7. The summed E-state index contributed by atoms with van der Waals surface area (Å²) in [5, 5.41) is 19.7. The van der Waals surface area contributed by atoms with Gasteiger partial charge in [0.25, 0.3) is 0 Å². The molecule has 0 bridgehead atoms. The number of hydrogen-bond donors (Lipinski definition) is 1. The van der Waals surface area contributed by atoms with Gasteiger partial charge in [0.05, 0.1) is 4.92 Å². The lowest BCUT2D eigenvalue weighted by Crippen LogP contribution is -1.99. The Morgan fingerprint density at radius 2 is 1.18 bits per heavy atom. The van der Waals surface area contributed by atoms with Crippen LogP contribution in [0.15, 0.2) is 11.8 Å². The van der Waals surface area contributed by atoms with Crippen molar-refractivity contribution in [3.63, 3.8) is 0 Å². The Hall–Kier alpha value is -1.39. The summed E-state index contributed by atoms with van der Waals surface area (Å²) in [7, 11) is 0. The van der Waals surface area contributed by atoms with Crippen LogP contribution in [0.1, 0.15) is 129 Å². The van der Waals surface area contributed by atoms with Crippen molar-refractivity contribution in [3.05, 3.63) is 21.9 Å². The first kappa shape index (κ1) is 26.6. The first-order valence-corrected chi connectivity index (χ1v) is 11.6. The van der Waals surface area contributed by atoms with Gasteiger partial charge in [-0.1, -0.05) is 90.4 Å². The van der Waals surface area contributed by atoms with E-state index in [2.05, 4.69) is 6.92 Å². The van der Waals surface area contributed by atoms with Crippen molar-refractivity contribution in [3.8, 4) is 0 Å². The maximum atomic E-state index is 11.1. The Morgan fingerprint density at radius 3 is 1.64 bits per heavy atom. The summed E-state index contributed by atoms with van der Waals surface area (Å²) in [6.07, 6.45) is 21.9. The highest BCUT2D eigenvalue weighted by Crippen LogP contribution is 2.15. The number of rotatable bonds is 21. The number of carboxylic acids is 1. The van der Waals surface area contributed by atoms with Crippen LogP contribution in [0, 0.1) is 10.1 Å². The maximum absolute atomic E-state index is 11.1. The minimum atomic E-state index is -0.692. The first-order valence-electron chi connectivity index (χ1n) is 11.6. The molecular formula is C23H43NO4. The summed E-state index contributed by atoms with van der Waals surface area (Å²) in [6.45, 7) is 2.20. The highest BCUT2D eigenvalue weighted by molar-refractivity contribution is 5.66. The number of hydrogen-bond acceptors (Lipinski definition) is 3. The van der Waals surface area contributed by atoms with Gasteiger partial charge in [0.1, 0.15) is 0 Å². The number of carbonyl (C=O) groups is 1. The Kier molecular flexibility index (Phi) is 19.3. The number of nitrogens with zero attached hydrogens (tertiary/aromatic N) is 1. The fourth-order valence-corrected chi connectivity index (χ4v) is 3.46. The van der Waals surface area contributed by atoms with Crippen molar-refractivity contribution in [2.75, 3.05) is 0 Å². The van der Waals surface area contributed by atoms with E-state index in [4.69, 9.17) is 5.11 Å². The third-order valence-corrected chi connectivity index (χ3v) is 5.25. The second kappa shape index (κ2) is 20.3. The summed E-state index contributed by atoms with van der Waals surface area (Å²) >= 11 is 0. The van der Waals surface area contributed by atoms with Crippen LogP contribution in [0.25, 0.3) is 0 Å². The van der Waals surface area contributed by atoms with E-state index < -0.39 is 5.97 Å². The molecule has 0 saturated carbocycles. The summed E-state index contributed by atoms with van der Waals surface area (Å²) in [5.74, 6) is -0.692. The van der Waals surface area contributed by atoms with Gasteiger partial charge < -0.3 is 5.11 Å². The van der Waals surface area contributed by atoms with E-state index in [1.165, 1.54) is 57.8 Å². The molecule has 0 fully saturated rings. The van der Waals surface area contributed by atoms with Crippen molar-refractivity contribution in [2.45, 2.75) is 129 Å². The molecule has 0 spiro atoms. The Labute approximate surface area is 172 Å². The molecule has 0 heterocycles. The van der Waals surface area contributed by atoms with Crippen LogP contribution in [0.3, 0.4) is 0 Å². The molecule has 0 unspecified atom stereocenters. The lowest BCUT2D eigenvalue weighted by Gasteiger charge is -2.02. The van der Waals surface area contributed by atoms with Gasteiger partial charge in [-0.2, -0.15) is 0 Å². The van der Waals surface area contributed by atoms with E-state index in [0.29, 0.717) is 18.5 Å². The Morgan fingerprint density at radius 1 is 0.750 bits per heavy atom. The summed E-state index contributed by atoms with van der Waals surface area (Å²) in [6, 6.07) is 0. The lowest BCUT2D eigenvalue weighted by atomic mass is 10.0. The third-order valence-electron chi connectivity index (χ3n) is 5.25. The molecule has 28 heavy (non-hydrogen) atoms. The molecule has 0 aliphatic carbocycles. The van der Waals surface area contributed by atoms with Gasteiger partial charge in [-0.3, -0.25) is 14.9 Å². The molecule has 0 amide bonds. The zero-order valence-electron chi connectivity index (χ0n) is 18.1. The maximum Gasteiger partial charge on any atom is 0.303 e. The summed E-state index contributed by atoms with van der Waals surface area (Å²) < 4.78 is 0. The molecule has 0 rings (SSSR count). The van der Waals surface area contributed by atoms with Gasteiger partial charge in [-0.15, -0.1) is 0 Å². The van der Waals surface area contributed by atoms with Crippen molar-refractivity contribution in [1.82, 2.24) is 0 Å². The average Bonchev–Trinajstić information content (AvgIpc) is 2.65. The lowest BCUT2D eigenvalue weighted by molar-refractivity contribution is -0.428. The van der Waals surface area contributed by atoms with Crippen LogP contribution in [0.2, 0.25) is 0 Å². The molecule has 0 aliphatic rings. The van der Waals surface area contributed by atoms with Gasteiger partial charge in [-0.05, 0) is 31.8 Å². The fraction of sp³-hybridized carbons (Fsp3) is 0.870. The van der Waals surface area contributed by atoms with Crippen molar-refractivity contribution >= 4 is 5.97 Å². The third kappa shape index (κ3) is 19.4. The van der Waals surface area contributed by atoms with Gasteiger partial charge >= 0.3 is 5.97 Å². The number of aliphatic carboxylic acids is 1. The minimum Gasteiger partial charge on any atom is -0.481 e. The van der Waals surface area contributed by atoms with Crippen LogP contribution in [0.5, 0.6) is 0 Å². The second-order valence-corrected chi connectivity index (χ2v) is 7.94. The van der Waals surface area contributed by atoms with E-state index in [-0.39, 0.29) is 4.92 Å². The van der Waals surface area contributed by atoms with Crippen LogP contribution in [-0.4, -0.2) is 16.0 Å². The number of unbranched alkanes of at least 4 members (excludes halogenated alkanes) is 15. The van der Waals surface area contributed by atoms with E-state index in [1.54, 1.807) is 0 Å². The van der Waals surface area contributed by atoms with Crippen LogP contribution >= 0.6 is 0 Å². The van der Waals surface area contributed by atoms with E-state index in [1.807, 2.05) is 6.08 Å². The molecule has 1 N–H and O–H groups in total. The van der Waals surface area contributed by atoms with Gasteiger partial charge in [0.15, 0.2) is 0 Å². The Bertz CT molecular complexity index is 421. The first-order chi connectivity index (χ1) is 13.6. The number of allylic oxidation sites excluding steroid dienone is 2. The molecule has 0 radical (unpaired) electrons. The molecule has 0 aromatic carbocycles. The summed E-state index contributed by atoms with van der Waals surface area (Å²) in [4.78, 5) is 21.4. The zero-order valence-corrected chi connectivity index (χ0v) is 18.1. The molecule has 164 valence electrons. The predicted octanol–water partition coefficient (Wildman–Crippen LogP) is 7.66. The highest BCUT2D eigenvalue weighted by Gasteiger charge is 2.09. The van der Waals surface area contributed by atoms with E-state index in [9.17, 15) is 14.9 Å². The molecule has 0 aromatic heterocycles. The molecule has 5 nitrogen and oxygen atoms in total. The van der Waals surface area contributed by atoms with Crippen LogP contribution in [0.4, 0.5) is 0 Å². The van der Waals surface area contributed by atoms with Gasteiger partial charge in [0.2, 0.25) is 5.70 Å². The smallest absolute Gasteiger partial charge is 0.303 e. The summed E-state index contributed by atoms with van der Waals surface area (Å²) in [5.41, 5.74) is 0.415. The topological polar surface area (TPSA) is 80.4 Å². The highest BCUT2D eigenvalue weighted by atomic mass is 16.6. The largest absolute Gasteiger partial charge is 0.481 e. The molecular weight excluding hydrogens is 354 g/mol. The van der Waals surface area contributed by atoms with E-state index in [0.717, 1.165) is 51.4 Å². The van der Waals surface area contributed by atoms with E-state index >= 15 is 0 Å². The fourth-order valence-electron chi connectivity index (χ4n) is 3.46. The zero-order chi connectivity index (χ0) is 20.9. The standard InChI is InChI=1S/C23H43NO4/c1-2-3-4-5-13-16-19-22(24(27)28)20-17-14-11-9-7-6-8-10-12-15-18-21-23(25)26/h20H,2-19,21H2,1H3,(H,25,26). The molecule has 0 saturated heterocycles. The predicted molar refractivity (Wildman–Crippen MR) is 116 cm³/mol. The number of carboxylic acid groups (broad SMARTS) is 1. The molecule has 0 aliphatic heterocycles. The van der Waals surface area contributed by atoms with Crippen molar-refractivity contribution in [1.29, 1.82) is 0 Å². The van der Waals surface area contributed by atoms with Crippen molar-refractivity contribution in [2.24, 2.45) is 0 Å². The second-order valence-electron chi connectivity index (χ2n) is 7.94. The molecule has 0 atom stereocenters. The van der Waals surface area contributed by atoms with Crippen LogP contribution in [-0.2, 0) is 4.79 Å².